The van der Waals surface area contributed by atoms with Crippen LogP contribution in [0.15, 0.2) is 6.07 Å². The molecule has 8 heteroatoms. The SMILES string of the molecule is CCN(CC(N)=O)C(=O)Nc1cc(C)[nH]c1C(=O)O. The van der Waals surface area contributed by atoms with Crippen LogP contribution in [0, 0.1) is 6.92 Å². The van der Waals surface area contributed by atoms with E-state index in [4.69, 9.17) is 10.8 Å². The summed E-state index contributed by atoms with van der Waals surface area (Å²) in [5, 5.41) is 11.4. The molecule has 19 heavy (non-hydrogen) atoms. The molecule has 0 bridgehead atoms. The number of carboxylic acids is 1. The Kier molecular flexibility index (Phi) is 4.51. The highest BCUT2D eigenvalue weighted by Gasteiger charge is 2.19. The van der Waals surface area contributed by atoms with Crippen LogP contribution in [0.2, 0.25) is 0 Å². The van der Waals surface area contributed by atoms with Crippen LogP contribution in [0.25, 0.3) is 0 Å². The number of urea groups is 1. The molecule has 0 radical (unpaired) electrons. The van der Waals surface area contributed by atoms with Gasteiger partial charge in [-0.25, -0.2) is 9.59 Å². The summed E-state index contributed by atoms with van der Waals surface area (Å²) >= 11 is 0. The minimum absolute atomic E-state index is 0.110. The van der Waals surface area contributed by atoms with Crippen LogP contribution in [0.3, 0.4) is 0 Å². The van der Waals surface area contributed by atoms with Gasteiger partial charge in [0.15, 0.2) is 0 Å². The zero-order valence-electron chi connectivity index (χ0n) is 10.7. The molecule has 0 saturated heterocycles. The highest BCUT2D eigenvalue weighted by molar-refractivity contribution is 5.99. The Morgan fingerprint density at radius 2 is 2.11 bits per heavy atom. The molecule has 8 nitrogen and oxygen atoms in total. The predicted octanol–water partition coefficient (Wildman–Crippen LogP) is 0.360. The van der Waals surface area contributed by atoms with E-state index in [1.54, 1.807) is 13.8 Å². The highest BCUT2D eigenvalue weighted by atomic mass is 16.4. The van der Waals surface area contributed by atoms with Crippen molar-refractivity contribution < 1.29 is 19.5 Å². The first kappa shape index (κ1) is 14.6. The Labute approximate surface area is 109 Å². The Morgan fingerprint density at radius 3 is 2.58 bits per heavy atom. The van der Waals surface area contributed by atoms with Gasteiger partial charge < -0.3 is 26.0 Å². The van der Waals surface area contributed by atoms with Crippen molar-refractivity contribution in [3.63, 3.8) is 0 Å². The zero-order valence-corrected chi connectivity index (χ0v) is 10.7. The predicted molar refractivity (Wildman–Crippen MR) is 67.9 cm³/mol. The topological polar surface area (TPSA) is 129 Å². The lowest BCUT2D eigenvalue weighted by Crippen LogP contribution is -2.40. The number of aryl methyl sites for hydroxylation is 1. The fourth-order valence-electron chi connectivity index (χ4n) is 1.57. The van der Waals surface area contributed by atoms with Gasteiger partial charge in [0.25, 0.3) is 0 Å². The molecule has 0 atom stereocenters. The molecule has 0 fully saturated rings. The lowest BCUT2D eigenvalue weighted by atomic mass is 10.3. The van der Waals surface area contributed by atoms with Crippen LogP contribution in [-0.2, 0) is 4.79 Å². The Hall–Kier alpha value is -2.51. The smallest absolute Gasteiger partial charge is 0.354 e. The number of hydrogen-bond acceptors (Lipinski definition) is 3. The summed E-state index contributed by atoms with van der Waals surface area (Å²) in [6, 6.07) is 0.919. The lowest BCUT2D eigenvalue weighted by molar-refractivity contribution is -0.118. The number of hydrogen-bond donors (Lipinski definition) is 4. The molecular weight excluding hydrogens is 252 g/mol. The van der Waals surface area contributed by atoms with Crippen LogP contribution in [-0.4, -0.2) is 46.0 Å². The van der Waals surface area contributed by atoms with E-state index in [0.29, 0.717) is 5.69 Å². The molecule has 1 aromatic heterocycles. The summed E-state index contributed by atoms with van der Waals surface area (Å²) < 4.78 is 0. The van der Waals surface area contributed by atoms with Gasteiger partial charge in [-0.3, -0.25) is 4.79 Å². The Bertz CT molecular complexity index is 509. The first-order valence-corrected chi connectivity index (χ1v) is 5.62. The minimum atomic E-state index is -1.18. The fraction of sp³-hybridized carbons (Fsp3) is 0.364. The average Bonchev–Trinajstić information content (AvgIpc) is 2.66. The van der Waals surface area contributed by atoms with Gasteiger partial charge in [-0.05, 0) is 19.9 Å². The largest absolute Gasteiger partial charge is 0.477 e. The quantitative estimate of drug-likeness (QED) is 0.614. The maximum Gasteiger partial charge on any atom is 0.354 e. The number of aromatic nitrogens is 1. The zero-order chi connectivity index (χ0) is 14.6. The molecule has 0 aliphatic heterocycles. The number of nitrogens with two attached hydrogens (primary N) is 1. The molecule has 0 spiro atoms. The summed E-state index contributed by atoms with van der Waals surface area (Å²) in [6.07, 6.45) is 0. The number of H-pyrrole nitrogens is 1. The van der Waals surface area contributed by atoms with Crippen LogP contribution < -0.4 is 11.1 Å². The van der Waals surface area contributed by atoms with Crippen LogP contribution in [0.4, 0.5) is 10.5 Å². The number of anilines is 1. The minimum Gasteiger partial charge on any atom is -0.477 e. The third kappa shape index (κ3) is 3.73. The number of nitrogens with zero attached hydrogens (tertiary/aromatic N) is 1. The van der Waals surface area contributed by atoms with Gasteiger partial charge in [-0.2, -0.15) is 0 Å². The van der Waals surface area contributed by atoms with Crippen molar-refractivity contribution in [2.24, 2.45) is 5.73 Å². The van der Waals surface area contributed by atoms with Crippen molar-refractivity contribution >= 4 is 23.6 Å². The number of rotatable bonds is 5. The molecule has 3 amide bonds. The molecule has 0 aromatic carbocycles. The molecule has 104 valence electrons. The first-order valence-electron chi connectivity index (χ1n) is 5.62. The summed E-state index contributed by atoms with van der Waals surface area (Å²) in [7, 11) is 0. The molecule has 1 heterocycles. The van der Waals surface area contributed by atoms with E-state index in [2.05, 4.69) is 10.3 Å². The van der Waals surface area contributed by atoms with Crippen LogP contribution in [0.5, 0.6) is 0 Å². The first-order chi connectivity index (χ1) is 8.85. The van der Waals surface area contributed by atoms with Gasteiger partial charge in [-0.15, -0.1) is 0 Å². The van der Waals surface area contributed by atoms with Gasteiger partial charge in [0.2, 0.25) is 5.91 Å². The van der Waals surface area contributed by atoms with Crippen LogP contribution >= 0.6 is 0 Å². The second-order valence-corrected chi connectivity index (χ2v) is 3.96. The highest BCUT2D eigenvalue weighted by Crippen LogP contribution is 2.17. The van der Waals surface area contributed by atoms with E-state index in [1.807, 2.05) is 0 Å². The maximum atomic E-state index is 11.9. The van der Waals surface area contributed by atoms with Crippen molar-refractivity contribution in [2.45, 2.75) is 13.8 Å². The van der Waals surface area contributed by atoms with Gasteiger partial charge in [0.05, 0.1) is 5.69 Å². The van der Waals surface area contributed by atoms with Crippen molar-refractivity contribution in [2.75, 3.05) is 18.4 Å². The Morgan fingerprint density at radius 1 is 1.47 bits per heavy atom. The number of aromatic carboxylic acids is 1. The summed E-state index contributed by atoms with van der Waals surface area (Å²) in [4.78, 5) is 37.4. The third-order valence-electron chi connectivity index (χ3n) is 2.42. The molecule has 0 aliphatic rings. The number of carboxylic acid groups (broad SMARTS) is 1. The lowest BCUT2D eigenvalue weighted by Gasteiger charge is -2.19. The van der Waals surface area contributed by atoms with Crippen LogP contribution in [0.1, 0.15) is 23.1 Å². The number of aromatic amines is 1. The summed E-state index contributed by atoms with van der Waals surface area (Å²) in [6.45, 7) is 3.40. The van der Waals surface area contributed by atoms with E-state index in [1.165, 1.54) is 11.0 Å². The second-order valence-electron chi connectivity index (χ2n) is 3.96. The van der Waals surface area contributed by atoms with Crippen molar-refractivity contribution in [1.82, 2.24) is 9.88 Å². The van der Waals surface area contributed by atoms with Crippen molar-refractivity contribution in [1.29, 1.82) is 0 Å². The summed E-state index contributed by atoms with van der Waals surface area (Å²) in [5.41, 5.74) is 5.66. The van der Waals surface area contributed by atoms with E-state index in [-0.39, 0.29) is 24.5 Å². The average molecular weight is 268 g/mol. The standard InChI is InChI=1S/C11H16N4O4/c1-3-15(5-8(12)16)11(19)14-7-4-6(2)13-9(7)10(17)18/h4,13H,3,5H2,1-2H3,(H2,12,16)(H,14,19)(H,17,18). The Balaban J connectivity index is 2.86. The molecule has 0 aliphatic carbocycles. The van der Waals surface area contributed by atoms with Gasteiger partial charge in [0.1, 0.15) is 12.2 Å². The second kappa shape index (κ2) is 5.89. The van der Waals surface area contributed by atoms with Gasteiger partial charge in [0, 0.05) is 12.2 Å². The fourth-order valence-corrected chi connectivity index (χ4v) is 1.57. The molecular formula is C11H16N4O4. The molecule has 1 rings (SSSR count). The van der Waals surface area contributed by atoms with Crippen molar-refractivity contribution in [3.8, 4) is 0 Å². The molecule has 1 aromatic rings. The van der Waals surface area contributed by atoms with E-state index < -0.39 is 17.9 Å². The van der Waals surface area contributed by atoms with E-state index in [9.17, 15) is 14.4 Å². The number of amides is 3. The molecule has 5 N–H and O–H groups in total. The maximum absolute atomic E-state index is 11.9. The number of carbonyl (C=O) groups excluding carboxylic acids is 2. The third-order valence-corrected chi connectivity index (χ3v) is 2.42. The normalized spacial score (nSPS) is 10.0. The van der Waals surface area contributed by atoms with E-state index in [0.717, 1.165) is 0 Å². The van der Waals surface area contributed by atoms with Gasteiger partial charge in [-0.1, -0.05) is 0 Å². The van der Waals surface area contributed by atoms with Crippen molar-refractivity contribution in [3.05, 3.63) is 17.5 Å². The monoisotopic (exact) mass is 268 g/mol. The number of nitrogens with one attached hydrogen (secondary N) is 2. The molecule has 0 saturated carbocycles. The molecule has 0 unspecified atom stereocenters. The number of primary amides is 1. The number of carbonyl (C=O) groups is 3. The summed E-state index contributed by atoms with van der Waals surface area (Å²) in [5.74, 6) is -1.82. The number of likely N-dealkylation sites (N-methyl/N-ethyl adjacent to an activating group) is 1. The van der Waals surface area contributed by atoms with Gasteiger partial charge >= 0.3 is 12.0 Å². The van der Waals surface area contributed by atoms with E-state index >= 15 is 0 Å².